The van der Waals surface area contributed by atoms with Crippen LogP contribution in [0, 0.1) is 0 Å². The van der Waals surface area contributed by atoms with Crippen molar-refractivity contribution in [3.63, 3.8) is 0 Å². The molecule has 0 aliphatic carbocycles. The summed E-state index contributed by atoms with van der Waals surface area (Å²) < 4.78 is 1.56. The minimum Gasteiger partial charge on any atom is -0.315 e. The van der Waals surface area contributed by atoms with Crippen LogP contribution < -0.4 is 10.6 Å². The summed E-state index contributed by atoms with van der Waals surface area (Å²) in [7, 11) is 1.73. The topological polar surface area (TPSA) is 88.1 Å². The maximum Gasteiger partial charge on any atom is 0.343 e. The number of likely N-dealkylation sites (N-methyl/N-ethyl adjacent to an activating group) is 1. The zero-order chi connectivity index (χ0) is 20.4. The molecule has 148 valence electrons. The van der Waals surface area contributed by atoms with Crippen LogP contribution in [-0.2, 0) is 24.2 Å². The number of nitrogens with one attached hydrogen (secondary N) is 1. The maximum atomic E-state index is 12.6. The number of anilines is 1. The quantitative estimate of drug-likeness (QED) is 0.479. The van der Waals surface area contributed by atoms with E-state index in [1.807, 2.05) is 36.4 Å². The Morgan fingerprint density at radius 2 is 1.97 bits per heavy atom. The minimum atomic E-state index is -0.282. The summed E-state index contributed by atoms with van der Waals surface area (Å²) in [5.41, 5.74) is 3.13. The van der Waals surface area contributed by atoms with Gasteiger partial charge in [-0.1, -0.05) is 42.1 Å². The van der Waals surface area contributed by atoms with E-state index in [4.69, 9.17) is 0 Å². The molecule has 1 aliphatic rings. The molecule has 0 spiro atoms. The molecule has 0 bridgehead atoms. The second-order valence-electron chi connectivity index (χ2n) is 6.88. The second kappa shape index (κ2) is 8.08. The molecule has 1 amide bonds. The summed E-state index contributed by atoms with van der Waals surface area (Å²) in [6.07, 6.45) is 1.02. The number of fused-ring (bicyclic) bond motifs is 1. The van der Waals surface area contributed by atoms with Crippen molar-refractivity contribution < 1.29 is 9.59 Å². The van der Waals surface area contributed by atoms with E-state index < -0.39 is 0 Å². The molecule has 29 heavy (non-hydrogen) atoms. The molecule has 0 unspecified atom stereocenters. The van der Waals surface area contributed by atoms with E-state index in [9.17, 15) is 14.4 Å². The molecule has 0 atom stereocenters. The number of nitrogens with zero attached hydrogens (tertiary/aromatic N) is 3. The smallest absolute Gasteiger partial charge is 0.315 e. The highest BCUT2D eigenvalue weighted by Gasteiger charge is 2.24. The molecule has 8 heteroatoms. The number of Topliss-reactive ketones (excluding diaryl/α,β-unsaturated/α-hetero) is 1. The van der Waals surface area contributed by atoms with Crippen LogP contribution in [-0.4, -0.2) is 39.3 Å². The molecule has 1 aliphatic heterocycles. The van der Waals surface area contributed by atoms with Crippen molar-refractivity contribution in [2.45, 2.75) is 24.5 Å². The van der Waals surface area contributed by atoms with E-state index in [1.165, 1.54) is 11.8 Å². The summed E-state index contributed by atoms with van der Waals surface area (Å²) in [5, 5.41) is 7.01. The Morgan fingerprint density at radius 3 is 2.76 bits per heavy atom. The zero-order valence-corrected chi connectivity index (χ0v) is 16.7. The van der Waals surface area contributed by atoms with E-state index in [2.05, 4.69) is 10.2 Å². The lowest BCUT2D eigenvalue weighted by Gasteiger charge is -2.10. The Balaban J connectivity index is 1.42. The fourth-order valence-electron chi connectivity index (χ4n) is 3.35. The van der Waals surface area contributed by atoms with Crippen LogP contribution in [0.3, 0.4) is 0 Å². The predicted octanol–water partition coefficient (Wildman–Crippen LogP) is 2.31. The minimum absolute atomic E-state index is 0.0259. The van der Waals surface area contributed by atoms with Gasteiger partial charge in [0, 0.05) is 24.8 Å². The molecule has 1 N–H and O–H groups in total. The Kier molecular flexibility index (Phi) is 5.35. The average molecular weight is 408 g/mol. The Hall–Kier alpha value is -3.13. The molecular weight excluding hydrogens is 388 g/mol. The molecule has 4 rings (SSSR count). The summed E-state index contributed by atoms with van der Waals surface area (Å²) >= 11 is 1.23. The van der Waals surface area contributed by atoms with Gasteiger partial charge in [-0.05, 0) is 35.7 Å². The van der Waals surface area contributed by atoms with Crippen molar-refractivity contribution in [1.29, 1.82) is 0 Å². The average Bonchev–Trinajstić information content (AvgIpc) is 3.23. The number of aromatic nitrogens is 3. The normalized spacial score (nSPS) is 13.0. The number of aromatic amines is 1. The van der Waals surface area contributed by atoms with E-state index in [0.29, 0.717) is 30.1 Å². The van der Waals surface area contributed by atoms with Gasteiger partial charge in [-0.15, -0.1) is 5.10 Å². The summed E-state index contributed by atoms with van der Waals surface area (Å²) in [6.45, 7) is 0.489. The van der Waals surface area contributed by atoms with Gasteiger partial charge < -0.3 is 4.90 Å². The first-order chi connectivity index (χ1) is 14.0. The van der Waals surface area contributed by atoms with Gasteiger partial charge in [0.05, 0.1) is 12.2 Å². The van der Waals surface area contributed by atoms with E-state index in [1.54, 1.807) is 28.6 Å². The van der Waals surface area contributed by atoms with Crippen LogP contribution in [0.15, 0.2) is 58.5 Å². The van der Waals surface area contributed by atoms with Crippen LogP contribution in [0.25, 0.3) is 0 Å². The molecule has 0 saturated heterocycles. The van der Waals surface area contributed by atoms with Crippen LogP contribution in [0.1, 0.15) is 21.5 Å². The second-order valence-corrected chi connectivity index (χ2v) is 7.83. The highest BCUT2D eigenvalue weighted by Crippen LogP contribution is 2.29. The Bertz CT molecular complexity index is 1120. The number of aryl methyl sites for hydroxylation is 1. The number of hydrogen-bond acceptors (Lipinski definition) is 5. The fraction of sp³-hybridized carbons (Fsp3) is 0.238. The predicted molar refractivity (Wildman–Crippen MR) is 112 cm³/mol. The molecule has 0 fully saturated rings. The maximum absolute atomic E-state index is 12.6. The van der Waals surface area contributed by atoms with Gasteiger partial charge in [-0.2, -0.15) is 0 Å². The number of benzene rings is 2. The highest BCUT2D eigenvalue weighted by atomic mass is 32.2. The number of hydrogen-bond donors (Lipinski definition) is 1. The van der Waals surface area contributed by atoms with Crippen LogP contribution in [0.4, 0.5) is 5.69 Å². The number of thioether (sulfide) groups is 1. The first-order valence-electron chi connectivity index (χ1n) is 9.27. The number of ketones is 1. The molecule has 2 aromatic carbocycles. The molecule has 0 radical (unpaired) electrons. The lowest BCUT2D eigenvalue weighted by atomic mass is 10.1. The van der Waals surface area contributed by atoms with Crippen molar-refractivity contribution in [2.75, 3.05) is 17.7 Å². The van der Waals surface area contributed by atoms with Gasteiger partial charge in [0.25, 0.3) is 0 Å². The van der Waals surface area contributed by atoms with Crippen molar-refractivity contribution in [3.8, 4) is 0 Å². The first-order valence-corrected chi connectivity index (χ1v) is 10.3. The standard InChI is InChI=1S/C21H20N4O3S/c1-24-17-8-7-15(11-16(17)12-19(24)27)18(26)13-29-21-23-22-20(28)25(21)10-9-14-5-3-2-4-6-14/h2-8,11H,9-10,12-13H2,1H3,(H,22,28). The number of H-pyrrole nitrogens is 1. The van der Waals surface area contributed by atoms with Gasteiger partial charge in [0.15, 0.2) is 10.9 Å². The Labute approximate surface area is 171 Å². The first kappa shape index (κ1) is 19.2. The van der Waals surface area contributed by atoms with E-state index in [0.717, 1.165) is 16.8 Å². The molecule has 2 heterocycles. The molecule has 7 nitrogen and oxygen atoms in total. The highest BCUT2D eigenvalue weighted by molar-refractivity contribution is 7.99. The SMILES string of the molecule is CN1C(=O)Cc2cc(C(=O)CSc3n[nH]c(=O)n3CCc3ccccc3)ccc21. The van der Waals surface area contributed by atoms with Crippen molar-refractivity contribution >= 4 is 29.1 Å². The lowest BCUT2D eigenvalue weighted by molar-refractivity contribution is -0.117. The third-order valence-electron chi connectivity index (χ3n) is 5.00. The van der Waals surface area contributed by atoms with Crippen LogP contribution >= 0.6 is 11.8 Å². The van der Waals surface area contributed by atoms with Crippen molar-refractivity contribution in [1.82, 2.24) is 14.8 Å². The van der Waals surface area contributed by atoms with Crippen molar-refractivity contribution in [2.24, 2.45) is 0 Å². The fourth-order valence-corrected chi connectivity index (χ4v) is 4.22. The van der Waals surface area contributed by atoms with Gasteiger partial charge in [0.1, 0.15) is 0 Å². The van der Waals surface area contributed by atoms with Crippen LogP contribution in [0.5, 0.6) is 0 Å². The summed E-state index contributed by atoms with van der Waals surface area (Å²) in [4.78, 5) is 38.1. The molecule has 3 aromatic rings. The zero-order valence-electron chi connectivity index (χ0n) is 15.9. The van der Waals surface area contributed by atoms with Gasteiger partial charge in [-0.25, -0.2) is 9.89 Å². The van der Waals surface area contributed by atoms with Crippen LogP contribution in [0.2, 0.25) is 0 Å². The summed E-state index contributed by atoms with van der Waals surface area (Å²) in [6, 6.07) is 15.2. The molecule has 0 saturated carbocycles. The summed E-state index contributed by atoms with van der Waals surface area (Å²) in [5.74, 6) is 0.126. The number of carbonyl (C=O) groups is 2. The monoisotopic (exact) mass is 408 g/mol. The lowest BCUT2D eigenvalue weighted by Crippen LogP contribution is -2.20. The largest absolute Gasteiger partial charge is 0.343 e. The van der Waals surface area contributed by atoms with Crippen molar-refractivity contribution in [3.05, 3.63) is 75.7 Å². The van der Waals surface area contributed by atoms with Gasteiger partial charge >= 0.3 is 5.69 Å². The Morgan fingerprint density at radius 1 is 1.17 bits per heavy atom. The molecular formula is C21H20N4O3S. The van der Waals surface area contributed by atoms with E-state index in [-0.39, 0.29) is 23.1 Å². The number of amides is 1. The third kappa shape index (κ3) is 4.02. The number of rotatable bonds is 7. The van der Waals surface area contributed by atoms with E-state index >= 15 is 0 Å². The van der Waals surface area contributed by atoms with Gasteiger partial charge in [0.2, 0.25) is 5.91 Å². The number of carbonyl (C=O) groups excluding carboxylic acids is 2. The third-order valence-corrected chi connectivity index (χ3v) is 5.98. The van der Waals surface area contributed by atoms with Gasteiger partial charge in [-0.3, -0.25) is 14.2 Å². The molecule has 1 aromatic heterocycles.